The van der Waals surface area contributed by atoms with Crippen molar-refractivity contribution in [3.63, 3.8) is 0 Å². The monoisotopic (exact) mass is 253 g/mol. The summed E-state index contributed by atoms with van der Waals surface area (Å²) in [5.74, 6) is -0.813. The number of carbonyl (C=O) groups is 2. The van der Waals surface area contributed by atoms with Gasteiger partial charge in [0.2, 0.25) is 0 Å². The highest BCUT2D eigenvalue weighted by Gasteiger charge is 2.27. The number of ether oxygens (including phenoxy) is 2. The molecule has 100 valence electrons. The Hall–Kier alpha value is -1.78. The summed E-state index contributed by atoms with van der Waals surface area (Å²) in [5, 5.41) is 3.14. The van der Waals surface area contributed by atoms with Crippen LogP contribution >= 0.6 is 0 Å². The molecule has 1 aliphatic heterocycles. The molecule has 0 aromatic rings. The summed E-state index contributed by atoms with van der Waals surface area (Å²) in [6.45, 7) is 3.89. The van der Waals surface area contributed by atoms with Gasteiger partial charge in [-0.25, -0.2) is 9.59 Å². The third-order valence-corrected chi connectivity index (χ3v) is 2.95. The van der Waals surface area contributed by atoms with Gasteiger partial charge in [-0.1, -0.05) is 13.8 Å². The molecule has 0 aromatic heterocycles. The quantitative estimate of drug-likeness (QED) is 0.772. The van der Waals surface area contributed by atoms with E-state index < -0.39 is 11.9 Å². The van der Waals surface area contributed by atoms with Gasteiger partial charge in [-0.3, -0.25) is 0 Å². The highest BCUT2D eigenvalue weighted by atomic mass is 16.5. The van der Waals surface area contributed by atoms with E-state index in [2.05, 4.69) is 5.32 Å². The molecule has 1 heterocycles. The molecule has 0 amide bonds. The van der Waals surface area contributed by atoms with Crippen LogP contribution in [0.4, 0.5) is 0 Å². The van der Waals surface area contributed by atoms with Gasteiger partial charge < -0.3 is 14.8 Å². The zero-order valence-electron chi connectivity index (χ0n) is 11.3. The smallest absolute Gasteiger partial charge is 0.335 e. The third-order valence-electron chi connectivity index (χ3n) is 2.95. The van der Waals surface area contributed by atoms with Crippen LogP contribution in [0.2, 0.25) is 0 Å². The first-order chi connectivity index (χ1) is 8.58. The second kappa shape index (κ2) is 6.23. The molecule has 0 saturated heterocycles. The summed E-state index contributed by atoms with van der Waals surface area (Å²) in [5.41, 5.74) is 2.62. The number of methoxy groups -OCH3 is 2. The summed E-state index contributed by atoms with van der Waals surface area (Å²) < 4.78 is 9.48. The van der Waals surface area contributed by atoms with E-state index >= 15 is 0 Å². The molecule has 0 saturated carbocycles. The highest BCUT2D eigenvalue weighted by molar-refractivity contribution is 5.96. The average Bonchev–Trinajstić information content (AvgIpc) is 2.43. The van der Waals surface area contributed by atoms with Crippen LogP contribution < -0.4 is 5.32 Å². The van der Waals surface area contributed by atoms with Crippen molar-refractivity contribution in [2.45, 2.75) is 33.1 Å². The molecule has 0 bridgehead atoms. The minimum Gasteiger partial charge on any atom is -0.466 e. The molecule has 0 fully saturated rings. The first-order valence-corrected chi connectivity index (χ1v) is 5.96. The fourth-order valence-electron chi connectivity index (χ4n) is 1.96. The fraction of sp³-hybridized carbons (Fsp3) is 0.538. The van der Waals surface area contributed by atoms with Crippen LogP contribution in [0.1, 0.15) is 33.1 Å². The average molecular weight is 253 g/mol. The molecular weight excluding hydrogens is 234 g/mol. The van der Waals surface area contributed by atoms with Crippen molar-refractivity contribution in [3.8, 4) is 0 Å². The second-order valence-corrected chi connectivity index (χ2v) is 3.91. The van der Waals surface area contributed by atoms with E-state index in [0.717, 1.165) is 11.4 Å². The van der Waals surface area contributed by atoms with E-state index in [-0.39, 0.29) is 6.42 Å². The second-order valence-electron chi connectivity index (χ2n) is 3.91. The molecule has 18 heavy (non-hydrogen) atoms. The Labute approximate surface area is 107 Å². The zero-order chi connectivity index (χ0) is 13.7. The Balaban J connectivity index is 3.12. The van der Waals surface area contributed by atoms with E-state index in [1.807, 2.05) is 13.8 Å². The number of nitrogens with one attached hydrogen (secondary N) is 1. The van der Waals surface area contributed by atoms with Crippen LogP contribution in [0.3, 0.4) is 0 Å². The summed E-state index contributed by atoms with van der Waals surface area (Å²) in [6, 6.07) is 0. The normalized spacial score (nSPS) is 15.3. The molecular formula is C13H19NO4. The van der Waals surface area contributed by atoms with Crippen molar-refractivity contribution >= 4 is 11.9 Å². The van der Waals surface area contributed by atoms with Crippen LogP contribution in [-0.4, -0.2) is 26.2 Å². The van der Waals surface area contributed by atoms with Gasteiger partial charge in [0.25, 0.3) is 0 Å². The van der Waals surface area contributed by atoms with E-state index in [1.165, 1.54) is 14.2 Å². The van der Waals surface area contributed by atoms with Crippen molar-refractivity contribution in [2.75, 3.05) is 14.2 Å². The molecule has 0 aliphatic carbocycles. The molecule has 1 rings (SSSR count). The number of carbonyl (C=O) groups excluding carboxylic acids is 2. The Morgan fingerprint density at radius 3 is 1.67 bits per heavy atom. The Kier molecular flexibility index (Phi) is 4.95. The number of hydrogen-bond acceptors (Lipinski definition) is 5. The van der Waals surface area contributed by atoms with Gasteiger partial charge in [0, 0.05) is 17.8 Å². The molecule has 0 unspecified atom stereocenters. The van der Waals surface area contributed by atoms with E-state index in [9.17, 15) is 9.59 Å². The topological polar surface area (TPSA) is 64.6 Å². The van der Waals surface area contributed by atoms with Crippen LogP contribution in [0.5, 0.6) is 0 Å². The first-order valence-electron chi connectivity index (χ1n) is 5.96. The molecule has 0 spiro atoms. The predicted molar refractivity (Wildman–Crippen MR) is 66.4 cm³/mol. The summed E-state index contributed by atoms with van der Waals surface area (Å²) in [6.07, 6.45) is 1.63. The molecule has 1 N–H and O–H groups in total. The zero-order valence-corrected chi connectivity index (χ0v) is 11.3. The van der Waals surface area contributed by atoms with Crippen molar-refractivity contribution in [1.82, 2.24) is 5.32 Å². The Morgan fingerprint density at radius 2 is 1.39 bits per heavy atom. The highest BCUT2D eigenvalue weighted by Crippen LogP contribution is 2.27. The van der Waals surface area contributed by atoms with Gasteiger partial charge in [0.15, 0.2) is 0 Å². The largest absolute Gasteiger partial charge is 0.466 e. The summed E-state index contributed by atoms with van der Waals surface area (Å²) in [4.78, 5) is 23.4. The van der Waals surface area contributed by atoms with Crippen LogP contribution in [0.25, 0.3) is 0 Å². The molecule has 1 aliphatic rings. The number of rotatable bonds is 4. The van der Waals surface area contributed by atoms with Crippen LogP contribution in [-0.2, 0) is 19.1 Å². The van der Waals surface area contributed by atoms with Gasteiger partial charge in [0.05, 0.1) is 25.4 Å². The van der Waals surface area contributed by atoms with E-state index in [0.29, 0.717) is 24.0 Å². The first kappa shape index (κ1) is 14.3. The van der Waals surface area contributed by atoms with Crippen LogP contribution in [0, 0.1) is 0 Å². The lowest BCUT2D eigenvalue weighted by atomic mass is 9.95. The molecule has 5 heteroatoms. The maximum absolute atomic E-state index is 11.7. The number of esters is 2. The predicted octanol–water partition coefficient (Wildman–Crippen LogP) is 1.65. The Bertz CT molecular complexity index is 383. The SMILES string of the molecule is CCC1=C(C(=O)OC)CC(C(=O)OC)=C(CC)N1. The molecule has 0 radical (unpaired) electrons. The summed E-state index contributed by atoms with van der Waals surface area (Å²) >= 11 is 0. The fourth-order valence-corrected chi connectivity index (χ4v) is 1.96. The van der Waals surface area contributed by atoms with Crippen molar-refractivity contribution < 1.29 is 19.1 Å². The summed E-state index contributed by atoms with van der Waals surface area (Å²) in [7, 11) is 2.67. The maximum Gasteiger partial charge on any atom is 0.335 e. The third kappa shape index (κ3) is 2.72. The van der Waals surface area contributed by atoms with Gasteiger partial charge in [-0.15, -0.1) is 0 Å². The lowest BCUT2D eigenvalue weighted by molar-refractivity contribution is -0.136. The number of allylic oxidation sites excluding steroid dienone is 2. The van der Waals surface area contributed by atoms with Gasteiger partial charge in [-0.2, -0.15) is 0 Å². The van der Waals surface area contributed by atoms with Crippen LogP contribution in [0.15, 0.2) is 22.5 Å². The standard InChI is InChI=1S/C13H19NO4/c1-5-10-8(12(15)17-3)7-9(13(16)18-4)11(6-2)14-10/h14H,5-7H2,1-4H3. The van der Waals surface area contributed by atoms with Gasteiger partial charge in [-0.05, 0) is 12.8 Å². The Morgan fingerprint density at radius 1 is 1.00 bits per heavy atom. The lowest BCUT2D eigenvalue weighted by Gasteiger charge is -2.24. The molecule has 0 atom stereocenters. The van der Waals surface area contributed by atoms with E-state index in [1.54, 1.807) is 0 Å². The molecule has 0 aromatic carbocycles. The number of dihydropyridines is 1. The van der Waals surface area contributed by atoms with E-state index in [4.69, 9.17) is 9.47 Å². The minimum atomic E-state index is -0.407. The number of hydrogen-bond donors (Lipinski definition) is 1. The van der Waals surface area contributed by atoms with Crippen molar-refractivity contribution in [2.24, 2.45) is 0 Å². The lowest BCUT2D eigenvalue weighted by Crippen LogP contribution is -2.28. The van der Waals surface area contributed by atoms with Crippen molar-refractivity contribution in [1.29, 1.82) is 0 Å². The minimum absolute atomic E-state index is 0.263. The van der Waals surface area contributed by atoms with Gasteiger partial charge >= 0.3 is 11.9 Å². The molecule has 5 nitrogen and oxygen atoms in total. The van der Waals surface area contributed by atoms with Crippen molar-refractivity contribution in [3.05, 3.63) is 22.5 Å². The maximum atomic E-state index is 11.7. The van der Waals surface area contributed by atoms with Gasteiger partial charge in [0.1, 0.15) is 0 Å².